The molecule has 55 heavy (non-hydrogen) atoms. The van der Waals surface area contributed by atoms with E-state index in [9.17, 15) is 54.8 Å². The summed E-state index contributed by atoms with van der Waals surface area (Å²) in [5.41, 5.74) is -1.68. The third kappa shape index (κ3) is 12.1. The van der Waals surface area contributed by atoms with Crippen molar-refractivity contribution in [2.75, 3.05) is 0 Å². The molecule has 1 radical (unpaired) electrons. The molecule has 5 nitrogen and oxygen atoms in total. The van der Waals surface area contributed by atoms with Crippen molar-refractivity contribution in [1.82, 2.24) is 0 Å². The number of hydrogen-bond acceptors (Lipinski definition) is 5. The number of phenolic OH excluding ortho intramolecular Hbond substituents is 2. The molecule has 2 aromatic rings. The van der Waals surface area contributed by atoms with Gasteiger partial charge in [-0.2, -0.15) is 26.3 Å². The number of hydrogen-bond donors (Lipinski definition) is 2. The summed E-state index contributed by atoms with van der Waals surface area (Å²) >= 11 is 0. The van der Waals surface area contributed by atoms with Gasteiger partial charge in [0.1, 0.15) is 11.5 Å². The molecule has 0 aromatic heterocycles. The normalized spacial score (nSPS) is 18.3. The van der Waals surface area contributed by atoms with Crippen molar-refractivity contribution in [3.8, 4) is 11.5 Å². The second-order valence-electron chi connectivity index (χ2n) is 18.1. The SMILES string of the molecule is CC(C)(C)c1cc(C=NC2CCCCC2N=Cc2cc(C(C)(C)C)cc(C(C)(C)C)c2O)c(O)c(C(C)(C)C)c1.[Co].[O-]C(F)(F)C(F)(C(F)(F)F)C(F)(F)F. The average Bonchev–Trinajstić information content (AvgIpc) is 2.96. The smallest absolute Gasteiger partial charge is 0.436 e. The molecule has 2 aromatic carbocycles. The van der Waals surface area contributed by atoms with Crippen LogP contribution in [0, 0.1) is 0 Å². The number of nitrogens with zero attached hydrogens (tertiary/aromatic N) is 2. The van der Waals surface area contributed by atoms with Crippen LogP contribution in [-0.4, -0.2) is 58.9 Å². The van der Waals surface area contributed by atoms with Crippen LogP contribution in [-0.2, 0) is 38.4 Å². The van der Waals surface area contributed by atoms with Crippen molar-refractivity contribution in [3.63, 3.8) is 0 Å². The van der Waals surface area contributed by atoms with Gasteiger partial charge in [-0.05, 0) is 57.8 Å². The van der Waals surface area contributed by atoms with Gasteiger partial charge in [0.15, 0.2) is 0 Å². The van der Waals surface area contributed by atoms with E-state index in [1.165, 1.54) is 11.1 Å². The summed E-state index contributed by atoms with van der Waals surface area (Å²) in [6, 6.07) is 8.53. The molecule has 1 aliphatic carbocycles. The Kier molecular flexibility index (Phi) is 15.5. The van der Waals surface area contributed by atoms with Gasteiger partial charge in [-0.25, -0.2) is 13.2 Å². The Labute approximate surface area is 329 Å². The predicted molar refractivity (Wildman–Crippen MR) is 193 cm³/mol. The minimum Gasteiger partial charge on any atom is -0.795 e. The zero-order chi connectivity index (χ0) is 42.3. The van der Waals surface area contributed by atoms with Crippen molar-refractivity contribution in [1.29, 1.82) is 0 Å². The van der Waals surface area contributed by atoms with E-state index in [2.05, 4.69) is 107 Å². The number of alkyl halides is 9. The van der Waals surface area contributed by atoms with Crippen molar-refractivity contribution in [2.45, 2.75) is 167 Å². The van der Waals surface area contributed by atoms with Crippen molar-refractivity contribution >= 4 is 12.4 Å². The summed E-state index contributed by atoms with van der Waals surface area (Å²) < 4.78 is 103. The predicted octanol–water partition coefficient (Wildman–Crippen LogP) is 10.9. The summed E-state index contributed by atoms with van der Waals surface area (Å²) in [5.74, 6) is 0.637. The quantitative estimate of drug-likeness (QED) is 0.232. The van der Waals surface area contributed by atoms with Crippen molar-refractivity contribution in [3.05, 3.63) is 57.6 Å². The maximum absolute atomic E-state index is 12.0. The van der Waals surface area contributed by atoms with Gasteiger partial charge in [0.05, 0.1) is 12.1 Å². The number of aromatic hydroxyl groups is 2. The van der Waals surface area contributed by atoms with Crippen LogP contribution in [0.5, 0.6) is 11.5 Å². The third-order valence-electron chi connectivity index (χ3n) is 9.31. The molecule has 0 amide bonds. The van der Waals surface area contributed by atoms with E-state index in [4.69, 9.17) is 9.98 Å². The molecule has 2 unspecified atom stereocenters. The summed E-state index contributed by atoms with van der Waals surface area (Å²) in [5, 5.41) is 31.7. The van der Waals surface area contributed by atoms with Crippen LogP contribution >= 0.6 is 0 Å². The van der Waals surface area contributed by atoms with Crippen LogP contribution in [0.1, 0.15) is 142 Å². The van der Waals surface area contributed by atoms with Crippen LogP contribution in [0.15, 0.2) is 34.3 Å². The van der Waals surface area contributed by atoms with Gasteiger partial charge in [-0.3, -0.25) is 9.98 Å². The standard InChI is InChI=1S/C36H54N2O2.C4F9O.Co/c1-33(2,3)25-17-23(31(39)27(19-25)35(7,8)9)21-37-29-15-13-14-16-30(29)38-22-24-18-26(34(4,5)6)20-28(32(24)40)36(10,11)12;5-1(2(6,7)8,3(9,10)11)4(12,13)14;/h17-22,29-30,39-40H,13-16H2,1-12H3;;/q;-1;. The third-order valence-corrected chi connectivity index (χ3v) is 9.31. The molecule has 0 heterocycles. The molecule has 1 aliphatic rings. The first kappa shape index (κ1) is 50.2. The van der Waals surface area contributed by atoms with Crippen LogP contribution in [0.2, 0.25) is 0 Å². The monoisotopic (exact) mass is 840 g/mol. The summed E-state index contributed by atoms with van der Waals surface area (Å²) in [4.78, 5) is 10.1. The Balaban J connectivity index is 0.000000857. The number of phenols is 2. The molecule has 2 N–H and O–H groups in total. The number of halogens is 9. The second-order valence-corrected chi connectivity index (χ2v) is 18.1. The minimum atomic E-state index is -7.08. The maximum atomic E-state index is 12.0. The van der Waals surface area contributed by atoms with Gasteiger partial charge in [0.25, 0.3) is 0 Å². The summed E-state index contributed by atoms with van der Waals surface area (Å²) in [6.07, 6.45) is -13.0. The van der Waals surface area contributed by atoms with E-state index < -0.39 is 24.1 Å². The van der Waals surface area contributed by atoms with Crippen LogP contribution in [0.25, 0.3) is 0 Å². The van der Waals surface area contributed by atoms with Gasteiger partial charge < -0.3 is 15.3 Å². The average molecular weight is 841 g/mol. The second kappa shape index (κ2) is 17.0. The Morgan fingerprint density at radius 3 is 1.04 bits per heavy atom. The topological polar surface area (TPSA) is 88.2 Å². The zero-order valence-corrected chi connectivity index (χ0v) is 34.4. The molecule has 15 heteroatoms. The Hall–Kier alpha value is -2.78. The summed E-state index contributed by atoms with van der Waals surface area (Å²) in [7, 11) is 0. The molecule has 3 rings (SSSR count). The number of aliphatic imine (C=N–C) groups is 2. The van der Waals surface area contributed by atoms with Crippen molar-refractivity contribution < 1.29 is 71.6 Å². The molecule has 315 valence electrons. The maximum Gasteiger partial charge on any atom is 0.436 e. The first-order valence-electron chi connectivity index (χ1n) is 17.7. The zero-order valence-electron chi connectivity index (χ0n) is 33.4. The van der Waals surface area contributed by atoms with Crippen LogP contribution in [0.3, 0.4) is 0 Å². The van der Waals surface area contributed by atoms with E-state index >= 15 is 0 Å². The molecule has 0 bridgehead atoms. The van der Waals surface area contributed by atoms with E-state index in [-0.39, 0.29) is 50.5 Å². The van der Waals surface area contributed by atoms with Gasteiger partial charge in [-0.1, -0.05) is 108 Å². The molecule has 0 spiro atoms. The van der Waals surface area contributed by atoms with Crippen molar-refractivity contribution in [2.24, 2.45) is 9.98 Å². The molecule has 1 saturated carbocycles. The fraction of sp³-hybridized carbons (Fsp3) is 0.650. The van der Waals surface area contributed by atoms with Gasteiger partial charge in [-0.15, -0.1) is 0 Å². The molecule has 0 aliphatic heterocycles. The van der Waals surface area contributed by atoms with E-state index in [1.807, 2.05) is 12.4 Å². The van der Waals surface area contributed by atoms with E-state index in [1.54, 1.807) is 0 Å². The largest absolute Gasteiger partial charge is 0.795 e. The summed E-state index contributed by atoms with van der Waals surface area (Å²) in [6.45, 7) is 26.0. The fourth-order valence-corrected chi connectivity index (χ4v) is 5.80. The van der Waals surface area contributed by atoms with Gasteiger partial charge >= 0.3 is 18.0 Å². The Morgan fingerprint density at radius 2 is 0.836 bits per heavy atom. The molecule has 1 fully saturated rings. The first-order chi connectivity index (χ1) is 23.9. The Morgan fingerprint density at radius 1 is 0.545 bits per heavy atom. The number of benzene rings is 2. The molecule has 0 saturated heterocycles. The minimum absolute atomic E-state index is 0. The Bertz CT molecular complexity index is 1530. The molecular formula is C40H54CoF9N2O3-. The van der Waals surface area contributed by atoms with Gasteiger partial charge in [0, 0.05) is 51.5 Å². The van der Waals surface area contributed by atoms with E-state index in [0.29, 0.717) is 11.5 Å². The molecular weight excluding hydrogens is 786 g/mol. The van der Waals surface area contributed by atoms with Crippen LogP contribution < -0.4 is 5.11 Å². The molecule has 2 atom stereocenters. The van der Waals surface area contributed by atoms with Gasteiger partial charge in [0.2, 0.25) is 6.11 Å². The first-order valence-corrected chi connectivity index (χ1v) is 17.7. The number of rotatable bonds is 5. The fourth-order valence-electron chi connectivity index (χ4n) is 5.80. The van der Waals surface area contributed by atoms with Crippen LogP contribution in [0.4, 0.5) is 39.5 Å². The van der Waals surface area contributed by atoms with E-state index in [0.717, 1.165) is 47.9 Å².